The zero-order valence-corrected chi connectivity index (χ0v) is 19.3. The van der Waals surface area contributed by atoms with Gasteiger partial charge in [0.15, 0.2) is 11.7 Å². The standard InChI is InChI=1S/C18H24F2N10O2S2/c19-18(20,8-22)17-27-11-3-1-2-10(14(11)28-17)9-4-5-12(34(32)26-7-6-21)15(33(25)31)13(9)16(23)29-30-24/h1-5,26,30H,6-8,21-22,24-25H2,(H2,23,29)(H,27,28). The molecule has 0 fully saturated rings. The van der Waals surface area contributed by atoms with Gasteiger partial charge in [-0.15, -0.1) is 5.10 Å². The molecule has 184 valence electrons. The van der Waals surface area contributed by atoms with Crippen molar-refractivity contribution in [3.05, 3.63) is 41.7 Å². The molecule has 0 spiro atoms. The van der Waals surface area contributed by atoms with Crippen molar-refractivity contribution in [2.75, 3.05) is 19.6 Å². The van der Waals surface area contributed by atoms with E-state index in [0.717, 1.165) is 0 Å². The van der Waals surface area contributed by atoms with Gasteiger partial charge in [-0.3, -0.25) is 0 Å². The molecule has 0 aliphatic carbocycles. The average molecular weight is 515 g/mol. The first-order valence-electron chi connectivity index (χ1n) is 9.71. The van der Waals surface area contributed by atoms with Crippen LogP contribution in [0.15, 0.2) is 45.2 Å². The summed E-state index contributed by atoms with van der Waals surface area (Å²) in [5.41, 5.74) is 19.9. The lowest BCUT2D eigenvalue weighted by molar-refractivity contribution is -0.00235. The summed E-state index contributed by atoms with van der Waals surface area (Å²) in [6.45, 7) is -0.532. The summed E-state index contributed by atoms with van der Waals surface area (Å²) in [6.07, 6.45) is 0. The molecule has 34 heavy (non-hydrogen) atoms. The van der Waals surface area contributed by atoms with Crippen LogP contribution < -0.4 is 38.4 Å². The first-order chi connectivity index (χ1) is 16.2. The Morgan fingerprint density at radius 1 is 1.18 bits per heavy atom. The molecule has 3 rings (SSSR count). The number of aromatic nitrogens is 2. The quantitative estimate of drug-likeness (QED) is 0.0715. The molecule has 2 unspecified atom stereocenters. The minimum Gasteiger partial charge on any atom is -0.382 e. The van der Waals surface area contributed by atoms with Gasteiger partial charge in [-0.2, -0.15) is 8.78 Å². The summed E-state index contributed by atoms with van der Waals surface area (Å²) in [4.78, 5) is 6.61. The number of hydrazone groups is 1. The third-order valence-corrected chi connectivity index (χ3v) is 6.91. The number of alkyl halides is 2. The van der Waals surface area contributed by atoms with E-state index in [4.69, 9.17) is 28.2 Å². The Hall–Kier alpha value is -2.86. The van der Waals surface area contributed by atoms with Crippen molar-refractivity contribution in [1.82, 2.24) is 20.2 Å². The van der Waals surface area contributed by atoms with E-state index in [1.807, 2.05) is 5.53 Å². The number of rotatable bonds is 10. The van der Waals surface area contributed by atoms with E-state index in [1.165, 1.54) is 12.1 Å². The number of nitrogens with zero attached hydrogens (tertiary/aromatic N) is 2. The molecule has 13 N–H and O–H groups in total. The fraction of sp³-hybridized carbons (Fsp3) is 0.222. The minimum absolute atomic E-state index is 0.0433. The molecule has 16 heteroatoms. The van der Waals surface area contributed by atoms with Crippen LogP contribution in [0.25, 0.3) is 22.2 Å². The van der Waals surface area contributed by atoms with Gasteiger partial charge >= 0.3 is 5.92 Å². The fourth-order valence-corrected chi connectivity index (χ4v) is 5.34. The number of amidine groups is 1. The second-order valence-electron chi connectivity index (χ2n) is 6.89. The monoisotopic (exact) mass is 514 g/mol. The highest BCUT2D eigenvalue weighted by molar-refractivity contribution is 7.86. The van der Waals surface area contributed by atoms with Gasteiger partial charge < -0.3 is 22.2 Å². The Balaban J connectivity index is 2.35. The number of hydrogen-bond acceptors (Lipinski definition) is 8. The number of aromatic amines is 1. The Bertz CT molecular complexity index is 1280. The number of hydrogen-bond donors (Lipinski definition) is 8. The van der Waals surface area contributed by atoms with E-state index in [-0.39, 0.29) is 39.8 Å². The van der Waals surface area contributed by atoms with Crippen LogP contribution >= 0.6 is 0 Å². The van der Waals surface area contributed by atoms with Crippen molar-refractivity contribution in [3.8, 4) is 11.1 Å². The molecular formula is C18H24F2N10O2S2. The normalized spacial score (nSPS) is 14.4. The molecule has 2 aromatic carbocycles. The van der Waals surface area contributed by atoms with Gasteiger partial charge in [0.05, 0.1) is 27.4 Å². The number of benzene rings is 2. The summed E-state index contributed by atoms with van der Waals surface area (Å²) in [6, 6.07) is 7.71. The zero-order chi connectivity index (χ0) is 25.0. The topological polar surface area (TPSA) is 229 Å². The first-order valence-corrected chi connectivity index (χ1v) is 12.1. The van der Waals surface area contributed by atoms with Crippen molar-refractivity contribution < 1.29 is 17.2 Å². The third kappa shape index (κ3) is 4.97. The molecule has 0 bridgehead atoms. The molecule has 0 aliphatic rings. The number of halogens is 2. The number of nitrogens with two attached hydrogens (primary N) is 5. The molecule has 2 atom stereocenters. The van der Waals surface area contributed by atoms with Crippen molar-refractivity contribution >= 4 is 38.8 Å². The number of hydrazine groups is 1. The number of nitrogens with one attached hydrogen (secondary N) is 3. The lowest BCUT2D eigenvalue weighted by Gasteiger charge is -2.17. The van der Waals surface area contributed by atoms with Gasteiger partial charge in [-0.25, -0.2) is 34.6 Å². The number of fused-ring (bicyclic) bond motifs is 1. The zero-order valence-electron chi connectivity index (χ0n) is 17.7. The van der Waals surface area contributed by atoms with Crippen LogP contribution in [-0.4, -0.2) is 43.9 Å². The molecule has 0 radical (unpaired) electrons. The van der Waals surface area contributed by atoms with Crippen molar-refractivity contribution in [1.29, 1.82) is 0 Å². The molecule has 0 saturated carbocycles. The van der Waals surface area contributed by atoms with Crippen molar-refractivity contribution in [2.24, 2.45) is 33.3 Å². The first kappa shape index (κ1) is 25.8. The summed E-state index contributed by atoms with van der Waals surface area (Å²) >= 11 is 0. The number of para-hydroxylation sites is 1. The smallest absolute Gasteiger partial charge is 0.316 e. The molecular weight excluding hydrogens is 490 g/mol. The summed E-state index contributed by atoms with van der Waals surface area (Å²) < 4.78 is 56.5. The van der Waals surface area contributed by atoms with Gasteiger partial charge in [-0.1, -0.05) is 18.2 Å². The Morgan fingerprint density at radius 2 is 1.91 bits per heavy atom. The van der Waals surface area contributed by atoms with E-state index in [0.29, 0.717) is 16.6 Å². The maximum absolute atomic E-state index is 14.2. The second kappa shape index (κ2) is 10.6. The highest BCUT2D eigenvalue weighted by Crippen LogP contribution is 2.36. The van der Waals surface area contributed by atoms with Crippen LogP contribution in [-0.2, 0) is 27.9 Å². The predicted molar refractivity (Wildman–Crippen MR) is 127 cm³/mol. The van der Waals surface area contributed by atoms with Crippen molar-refractivity contribution in [2.45, 2.75) is 15.7 Å². The predicted octanol–water partition coefficient (Wildman–Crippen LogP) is -1.08. The number of H-pyrrole nitrogens is 1. The minimum atomic E-state index is -3.39. The van der Waals surface area contributed by atoms with Gasteiger partial charge in [0.25, 0.3) is 0 Å². The largest absolute Gasteiger partial charge is 0.382 e. The fourth-order valence-electron chi connectivity index (χ4n) is 3.26. The number of imidazole rings is 1. The lowest BCUT2D eigenvalue weighted by Crippen LogP contribution is -2.29. The van der Waals surface area contributed by atoms with Crippen LogP contribution in [0.1, 0.15) is 11.4 Å². The highest BCUT2D eigenvalue weighted by atomic mass is 32.2. The van der Waals surface area contributed by atoms with Crippen LogP contribution in [0.2, 0.25) is 0 Å². The Labute approximate surface area is 197 Å². The molecule has 0 aliphatic heterocycles. The van der Waals surface area contributed by atoms with E-state index in [2.05, 4.69) is 19.8 Å². The second-order valence-corrected chi connectivity index (χ2v) is 9.16. The third-order valence-electron chi connectivity index (χ3n) is 4.75. The molecule has 12 nitrogen and oxygen atoms in total. The van der Waals surface area contributed by atoms with Gasteiger partial charge in [0, 0.05) is 24.2 Å². The highest BCUT2D eigenvalue weighted by Gasteiger charge is 2.34. The maximum Gasteiger partial charge on any atom is 0.316 e. The lowest BCUT2D eigenvalue weighted by atomic mass is 9.97. The molecule has 3 aromatic rings. The van der Waals surface area contributed by atoms with Gasteiger partial charge in [-0.05, 0) is 17.7 Å². The van der Waals surface area contributed by atoms with Gasteiger partial charge in [0.2, 0.25) is 0 Å². The van der Waals surface area contributed by atoms with Crippen LogP contribution in [0.3, 0.4) is 0 Å². The van der Waals surface area contributed by atoms with E-state index in [9.17, 15) is 17.2 Å². The van der Waals surface area contributed by atoms with E-state index >= 15 is 0 Å². The summed E-state index contributed by atoms with van der Waals surface area (Å²) in [5.74, 6) is 1.04. The average Bonchev–Trinajstić information content (AvgIpc) is 3.27. The molecule has 1 aromatic heterocycles. The SMILES string of the molecule is NCCNS(=O)c1ccc(-c2cccc3[nH]c(C(F)(F)CN)nc23)c(/C(N)=N/NN)c1S(N)=O. The molecule has 0 saturated heterocycles. The van der Waals surface area contributed by atoms with Gasteiger partial charge in [0.1, 0.15) is 22.0 Å². The Kier molecular flexibility index (Phi) is 8.03. The molecule has 0 amide bonds. The Morgan fingerprint density at radius 3 is 2.53 bits per heavy atom. The van der Waals surface area contributed by atoms with E-state index < -0.39 is 40.3 Å². The van der Waals surface area contributed by atoms with Crippen LogP contribution in [0, 0.1) is 0 Å². The summed E-state index contributed by atoms with van der Waals surface area (Å²) in [7, 11) is -4.04. The van der Waals surface area contributed by atoms with Crippen LogP contribution in [0.5, 0.6) is 0 Å². The van der Waals surface area contributed by atoms with Crippen molar-refractivity contribution in [3.63, 3.8) is 0 Å². The molecule has 1 heterocycles. The summed E-state index contributed by atoms with van der Waals surface area (Å²) in [5, 5.41) is 9.50. The van der Waals surface area contributed by atoms with E-state index in [1.54, 1.807) is 18.2 Å². The maximum atomic E-state index is 14.2. The van der Waals surface area contributed by atoms with Crippen LogP contribution in [0.4, 0.5) is 8.78 Å².